The predicted octanol–water partition coefficient (Wildman–Crippen LogP) is 4.63. The minimum absolute atomic E-state index is 0.00713. The van der Waals surface area contributed by atoms with Crippen LogP contribution < -0.4 is 14.9 Å². The standard InChI is InChI=1S/C21H22N2O3S/c1-5-6-14-11-15(7-10-18(14)26-4)20(24)22-16-8-9-17-19(12-16)27-21(25)23(17)13(2)3/h5,7-13H,1,6H2,2-4H3,(H,22,24). The molecule has 1 aromatic heterocycles. The van der Waals surface area contributed by atoms with Gasteiger partial charge in [0.25, 0.3) is 5.91 Å². The van der Waals surface area contributed by atoms with Gasteiger partial charge in [-0.2, -0.15) is 0 Å². The third-order valence-corrected chi connectivity index (χ3v) is 5.21. The first kappa shape index (κ1) is 18.9. The number of nitrogens with one attached hydrogen (secondary N) is 1. The molecule has 0 spiro atoms. The zero-order valence-electron chi connectivity index (χ0n) is 15.6. The summed E-state index contributed by atoms with van der Waals surface area (Å²) in [6, 6.07) is 10.9. The summed E-state index contributed by atoms with van der Waals surface area (Å²) in [5, 5.41) is 2.90. The number of carbonyl (C=O) groups excluding carboxylic acids is 1. The van der Waals surface area contributed by atoms with Gasteiger partial charge in [-0.1, -0.05) is 17.4 Å². The van der Waals surface area contributed by atoms with Crippen LogP contribution >= 0.6 is 11.3 Å². The van der Waals surface area contributed by atoms with Gasteiger partial charge in [0.2, 0.25) is 0 Å². The Balaban J connectivity index is 1.89. The van der Waals surface area contributed by atoms with Crippen LogP contribution in [-0.4, -0.2) is 17.6 Å². The Hall–Kier alpha value is -2.86. The topological polar surface area (TPSA) is 60.3 Å². The molecular weight excluding hydrogens is 360 g/mol. The molecule has 0 aliphatic rings. The summed E-state index contributed by atoms with van der Waals surface area (Å²) in [6.07, 6.45) is 2.39. The number of thiazole rings is 1. The number of carbonyl (C=O) groups is 1. The zero-order valence-corrected chi connectivity index (χ0v) is 16.4. The Morgan fingerprint density at radius 3 is 2.74 bits per heavy atom. The van der Waals surface area contributed by atoms with Gasteiger partial charge in [-0.05, 0) is 62.2 Å². The van der Waals surface area contributed by atoms with E-state index in [0.29, 0.717) is 17.7 Å². The predicted molar refractivity (Wildman–Crippen MR) is 111 cm³/mol. The summed E-state index contributed by atoms with van der Waals surface area (Å²) in [7, 11) is 1.60. The van der Waals surface area contributed by atoms with Gasteiger partial charge < -0.3 is 10.1 Å². The van der Waals surface area contributed by atoms with Gasteiger partial charge >= 0.3 is 4.87 Å². The molecule has 0 bridgehead atoms. The van der Waals surface area contributed by atoms with Gasteiger partial charge in [0.15, 0.2) is 0 Å². The molecule has 0 aliphatic carbocycles. The Kier molecular flexibility index (Phi) is 5.46. The molecule has 0 radical (unpaired) electrons. The second-order valence-electron chi connectivity index (χ2n) is 6.49. The highest BCUT2D eigenvalue weighted by molar-refractivity contribution is 7.16. The number of nitrogens with zero attached hydrogens (tertiary/aromatic N) is 1. The van der Waals surface area contributed by atoms with Crippen LogP contribution in [-0.2, 0) is 6.42 Å². The van der Waals surface area contributed by atoms with Crippen molar-refractivity contribution in [2.24, 2.45) is 0 Å². The molecule has 1 N–H and O–H groups in total. The van der Waals surface area contributed by atoms with Crippen LogP contribution in [0.25, 0.3) is 10.2 Å². The van der Waals surface area contributed by atoms with Crippen LogP contribution in [0.4, 0.5) is 5.69 Å². The van der Waals surface area contributed by atoms with Crippen molar-refractivity contribution in [2.45, 2.75) is 26.3 Å². The number of ether oxygens (including phenoxy) is 1. The maximum absolute atomic E-state index is 12.6. The molecule has 1 amide bonds. The molecule has 0 unspecified atom stereocenters. The molecule has 0 saturated carbocycles. The first-order chi connectivity index (χ1) is 12.9. The Morgan fingerprint density at radius 1 is 1.30 bits per heavy atom. The molecule has 0 aliphatic heterocycles. The largest absolute Gasteiger partial charge is 0.496 e. The van der Waals surface area contributed by atoms with Crippen LogP contribution in [0.15, 0.2) is 53.8 Å². The Labute approximate surface area is 161 Å². The second kappa shape index (κ2) is 7.80. The Morgan fingerprint density at radius 2 is 2.07 bits per heavy atom. The Bertz CT molecular complexity index is 1060. The lowest BCUT2D eigenvalue weighted by Gasteiger charge is -2.11. The summed E-state index contributed by atoms with van der Waals surface area (Å²) >= 11 is 1.19. The average molecular weight is 382 g/mol. The van der Waals surface area contributed by atoms with Gasteiger partial charge in [-0.15, -0.1) is 6.58 Å². The maximum atomic E-state index is 12.6. The SMILES string of the molecule is C=CCc1cc(C(=O)Nc2ccc3c(c2)sc(=O)n3C(C)C)ccc1OC. The molecule has 27 heavy (non-hydrogen) atoms. The molecule has 140 valence electrons. The van der Waals surface area contributed by atoms with E-state index >= 15 is 0 Å². The summed E-state index contributed by atoms with van der Waals surface area (Å²) in [6.45, 7) is 7.70. The monoisotopic (exact) mass is 382 g/mol. The molecule has 5 nitrogen and oxygen atoms in total. The number of rotatable bonds is 6. The van der Waals surface area contributed by atoms with Gasteiger partial charge in [-0.3, -0.25) is 14.2 Å². The van der Waals surface area contributed by atoms with Crippen molar-refractivity contribution in [3.8, 4) is 5.75 Å². The summed E-state index contributed by atoms with van der Waals surface area (Å²) in [4.78, 5) is 24.8. The quantitative estimate of drug-likeness (QED) is 0.632. The molecule has 0 fully saturated rings. The van der Waals surface area contributed by atoms with Crippen LogP contribution in [0.1, 0.15) is 35.8 Å². The maximum Gasteiger partial charge on any atom is 0.308 e. The smallest absolute Gasteiger partial charge is 0.308 e. The lowest BCUT2D eigenvalue weighted by Crippen LogP contribution is -2.14. The van der Waals surface area contributed by atoms with Crippen molar-refractivity contribution in [1.82, 2.24) is 4.57 Å². The number of hydrogen-bond acceptors (Lipinski definition) is 4. The number of anilines is 1. The van der Waals surface area contributed by atoms with E-state index in [4.69, 9.17) is 4.74 Å². The lowest BCUT2D eigenvalue weighted by molar-refractivity contribution is 0.102. The molecular formula is C21H22N2O3S. The highest BCUT2D eigenvalue weighted by atomic mass is 32.1. The van der Waals surface area contributed by atoms with Crippen molar-refractivity contribution in [3.63, 3.8) is 0 Å². The zero-order chi connectivity index (χ0) is 19.6. The summed E-state index contributed by atoms with van der Waals surface area (Å²) < 4.78 is 7.94. The van der Waals surface area contributed by atoms with Crippen LogP contribution in [0.2, 0.25) is 0 Å². The first-order valence-electron chi connectivity index (χ1n) is 8.69. The minimum atomic E-state index is -0.210. The van der Waals surface area contributed by atoms with Gasteiger partial charge in [0.05, 0.1) is 17.3 Å². The van der Waals surface area contributed by atoms with E-state index in [-0.39, 0.29) is 16.8 Å². The number of hydrogen-bond donors (Lipinski definition) is 1. The number of amides is 1. The van der Waals surface area contributed by atoms with Crippen molar-refractivity contribution in [2.75, 3.05) is 12.4 Å². The van der Waals surface area contributed by atoms with E-state index in [1.54, 1.807) is 29.9 Å². The van der Waals surface area contributed by atoms with Gasteiger partial charge in [-0.25, -0.2) is 0 Å². The average Bonchev–Trinajstić information content (AvgIpc) is 2.97. The molecule has 0 saturated heterocycles. The van der Waals surface area contributed by atoms with Gasteiger partial charge in [0.1, 0.15) is 5.75 Å². The van der Waals surface area contributed by atoms with E-state index in [1.165, 1.54) is 11.3 Å². The van der Waals surface area contributed by atoms with Crippen LogP contribution in [0.5, 0.6) is 5.75 Å². The number of allylic oxidation sites excluding steroid dienone is 1. The number of benzene rings is 2. The lowest BCUT2D eigenvalue weighted by atomic mass is 10.1. The highest BCUT2D eigenvalue weighted by Crippen LogP contribution is 2.25. The molecule has 2 aromatic carbocycles. The molecule has 1 heterocycles. The fraction of sp³-hybridized carbons (Fsp3) is 0.238. The van der Waals surface area contributed by atoms with Crippen molar-refractivity contribution in [3.05, 3.63) is 69.8 Å². The second-order valence-corrected chi connectivity index (χ2v) is 7.48. The van der Waals surface area contributed by atoms with Gasteiger partial charge in [0, 0.05) is 17.3 Å². The van der Waals surface area contributed by atoms with Crippen LogP contribution in [0, 0.1) is 0 Å². The van der Waals surface area contributed by atoms with Crippen molar-refractivity contribution >= 4 is 33.1 Å². The fourth-order valence-corrected chi connectivity index (χ4v) is 4.09. The number of aromatic nitrogens is 1. The normalized spacial score (nSPS) is 11.0. The van der Waals surface area contributed by atoms with Crippen molar-refractivity contribution in [1.29, 1.82) is 0 Å². The van der Waals surface area contributed by atoms with E-state index in [2.05, 4.69) is 11.9 Å². The van der Waals surface area contributed by atoms with E-state index in [9.17, 15) is 9.59 Å². The van der Waals surface area contributed by atoms with E-state index < -0.39 is 0 Å². The molecule has 6 heteroatoms. The van der Waals surface area contributed by atoms with E-state index in [0.717, 1.165) is 21.5 Å². The van der Waals surface area contributed by atoms with Crippen molar-refractivity contribution < 1.29 is 9.53 Å². The molecule has 3 rings (SSSR count). The molecule has 3 aromatic rings. The van der Waals surface area contributed by atoms with E-state index in [1.807, 2.05) is 38.1 Å². The van der Waals surface area contributed by atoms with Crippen LogP contribution in [0.3, 0.4) is 0 Å². The number of methoxy groups -OCH3 is 1. The minimum Gasteiger partial charge on any atom is -0.496 e. The summed E-state index contributed by atoms with van der Waals surface area (Å²) in [5.74, 6) is 0.519. The first-order valence-corrected chi connectivity index (χ1v) is 9.50. The molecule has 0 atom stereocenters. The summed E-state index contributed by atoms with van der Waals surface area (Å²) in [5.41, 5.74) is 2.99. The number of fused-ring (bicyclic) bond motifs is 1. The highest BCUT2D eigenvalue weighted by Gasteiger charge is 2.13. The third kappa shape index (κ3) is 3.80. The third-order valence-electron chi connectivity index (χ3n) is 4.29. The fourth-order valence-electron chi connectivity index (χ4n) is 3.04.